The molecule has 0 aromatic heterocycles. The van der Waals surface area contributed by atoms with Crippen molar-refractivity contribution in [3.63, 3.8) is 0 Å². The third-order valence-corrected chi connectivity index (χ3v) is 6.09. The van der Waals surface area contributed by atoms with Gasteiger partial charge in [0.05, 0.1) is 23.7 Å². The molecular formula is C26H27ClN2O2. The predicted octanol–water partition coefficient (Wildman–Crippen LogP) is 5.87. The van der Waals surface area contributed by atoms with Gasteiger partial charge in [-0.1, -0.05) is 60.1 Å². The van der Waals surface area contributed by atoms with E-state index < -0.39 is 0 Å². The third kappa shape index (κ3) is 5.27. The van der Waals surface area contributed by atoms with Crippen molar-refractivity contribution in [2.24, 2.45) is 5.92 Å². The largest absolute Gasteiger partial charge is 0.496 e. The van der Waals surface area contributed by atoms with Gasteiger partial charge in [0, 0.05) is 18.7 Å². The first-order valence-corrected chi connectivity index (χ1v) is 11.0. The lowest BCUT2D eigenvalue weighted by atomic mass is 9.96. The quantitative estimate of drug-likeness (QED) is 0.527. The summed E-state index contributed by atoms with van der Waals surface area (Å²) >= 11 is 6.20. The van der Waals surface area contributed by atoms with Gasteiger partial charge in [0.1, 0.15) is 5.75 Å². The van der Waals surface area contributed by atoms with E-state index in [1.807, 2.05) is 36.4 Å². The molecule has 1 unspecified atom stereocenters. The SMILES string of the molecule is COc1ccccc1-c1cccc(CN2CCCC(C(=O)Nc3ccccc3Cl)C2)c1. The minimum absolute atomic E-state index is 0.0394. The van der Waals surface area contributed by atoms with Gasteiger partial charge in [-0.15, -0.1) is 0 Å². The molecule has 1 aliphatic heterocycles. The van der Waals surface area contributed by atoms with Crippen LogP contribution >= 0.6 is 11.6 Å². The Labute approximate surface area is 188 Å². The zero-order valence-electron chi connectivity index (χ0n) is 17.7. The summed E-state index contributed by atoms with van der Waals surface area (Å²) in [5.74, 6) is 0.872. The number of carbonyl (C=O) groups is 1. The number of nitrogens with zero attached hydrogens (tertiary/aromatic N) is 1. The summed E-state index contributed by atoms with van der Waals surface area (Å²) in [5.41, 5.74) is 4.13. The highest BCUT2D eigenvalue weighted by atomic mass is 35.5. The molecule has 3 aromatic rings. The number of hydrogen-bond donors (Lipinski definition) is 1. The van der Waals surface area contributed by atoms with Crippen LogP contribution in [0.2, 0.25) is 5.02 Å². The Hall–Kier alpha value is -2.82. The number of likely N-dealkylation sites (tertiary alicyclic amines) is 1. The number of amides is 1. The first-order valence-electron chi connectivity index (χ1n) is 10.6. The molecule has 0 aliphatic carbocycles. The standard InChI is InChI=1S/C26H27ClN2O2/c1-31-25-14-5-2-11-22(25)20-9-6-8-19(16-20)17-29-15-7-10-21(18-29)26(30)28-24-13-4-3-12-23(24)27/h2-6,8-9,11-14,16,21H,7,10,15,17-18H2,1H3,(H,28,30). The number of anilines is 1. The number of ether oxygens (including phenoxy) is 1. The summed E-state index contributed by atoms with van der Waals surface area (Å²) in [6.07, 6.45) is 1.90. The van der Waals surface area contributed by atoms with E-state index in [-0.39, 0.29) is 11.8 Å². The van der Waals surface area contributed by atoms with Gasteiger partial charge < -0.3 is 10.1 Å². The van der Waals surface area contributed by atoms with Crippen molar-refractivity contribution in [2.75, 3.05) is 25.5 Å². The third-order valence-electron chi connectivity index (χ3n) is 5.76. The average Bonchev–Trinajstić information content (AvgIpc) is 2.81. The van der Waals surface area contributed by atoms with E-state index in [2.05, 4.69) is 40.5 Å². The number of methoxy groups -OCH3 is 1. The molecule has 1 N–H and O–H groups in total. The Morgan fingerprint density at radius 3 is 2.74 bits per heavy atom. The molecule has 1 fully saturated rings. The second-order valence-electron chi connectivity index (χ2n) is 7.94. The van der Waals surface area contributed by atoms with E-state index >= 15 is 0 Å². The summed E-state index contributed by atoms with van der Waals surface area (Å²) in [6, 6.07) is 24.0. The van der Waals surface area contributed by atoms with Crippen molar-refractivity contribution < 1.29 is 9.53 Å². The van der Waals surface area contributed by atoms with E-state index in [1.165, 1.54) is 5.56 Å². The number of halogens is 1. The zero-order valence-corrected chi connectivity index (χ0v) is 18.4. The van der Waals surface area contributed by atoms with Crippen LogP contribution in [0.1, 0.15) is 18.4 Å². The summed E-state index contributed by atoms with van der Waals surface area (Å²) in [5, 5.41) is 3.56. The van der Waals surface area contributed by atoms with Crippen LogP contribution in [-0.4, -0.2) is 31.0 Å². The second-order valence-corrected chi connectivity index (χ2v) is 8.35. The maximum absolute atomic E-state index is 12.8. The van der Waals surface area contributed by atoms with Crippen LogP contribution in [0.4, 0.5) is 5.69 Å². The fourth-order valence-corrected chi connectivity index (χ4v) is 4.37. The van der Waals surface area contributed by atoms with E-state index in [1.54, 1.807) is 13.2 Å². The summed E-state index contributed by atoms with van der Waals surface area (Å²) < 4.78 is 5.52. The average molecular weight is 435 g/mol. The van der Waals surface area contributed by atoms with Gasteiger partial charge in [-0.3, -0.25) is 9.69 Å². The van der Waals surface area contributed by atoms with Gasteiger partial charge in [0.2, 0.25) is 5.91 Å². The fourth-order valence-electron chi connectivity index (χ4n) is 4.19. The van der Waals surface area contributed by atoms with E-state index in [0.29, 0.717) is 10.7 Å². The Morgan fingerprint density at radius 1 is 1.10 bits per heavy atom. The number of hydrogen-bond acceptors (Lipinski definition) is 3. The van der Waals surface area contributed by atoms with Gasteiger partial charge in [-0.05, 0) is 54.8 Å². The minimum atomic E-state index is -0.0394. The molecule has 1 heterocycles. The molecule has 1 aliphatic rings. The molecule has 0 spiro atoms. The molecule has 1 saturated heterocycles. The fraction of sp³-hybridized carbons (Fsp3) is 0.269. The second kappa shape index (κ2) is 9.99. The lowest BCUT2D eigenvalue weighted by molar-refractivity contribution is -0.121. The number of para-hydroxylation sites is 2. The van der Waals surface area contributed by atoms with Gasteiger partial charge >= 0.3 is 0 Å². The number of rotatable bonds is 6. The van der Waals surface area contributed by atoms with Gasteiger partial charge in [0.15, 0.2) is 0 Å². The minimum Gasteiger partial charge on any atom is -0.496 e. The Morgan fingerprint density at radius 2 is 1.90 bits per heavy atom. The normalized spacial score (nSPS) is 16.6. The molecule has 31 heavy (non-hydrogen) atoms. The summed E-state index contributed by atoms with van der Waals surface area (Å²) in [6.45, 7) is 2.56. The lowest BCUT2D eigenvalue weighted by Gasteiger charge is -2.32. The van der Waals surface area contributed by atoms with Crippen molar-refractivity contribution in [1.82, 2.24) is 4.90 Å². The monoisotopic (exact) mass is 434 g/mol. The van der Waals surface area contributed by atoms with Crippen LogP contribution in [0.3, 0.4) is 0 Å². The van der Waals surface area contributed by atoms with Gasteiger partial charge in [-0.25, -0.2) is 0 Å². The van der Waals surface area contributed by atoms with Crippen molar-refractivity contribution >= 4 is 23.2 Å². The van der Waals surface area contributed by atoms with Crippen LogP contribution < -0.4 is 10.1 Å². The molecule has 5 heteroatoms. The maximum atomic E-state index is 12.8. The highest BCUT2D eigenvalue weighted by Gasteiger charge is 2.26. The van der Waals surface area contributed by atoms with Crippen LogP contribution in [0, 0.1) is 5.92 Å². The Bertz CT molecular complexity index is 1050. The number of carbonyl (C=O) groups excluding carboxylic acids is 1. The topological polar surface area (TPSA) is 41.6 Å². The van der Waals surface area contributed by atoms with E-state index in [0.717, 1.165) is 49.4 Å². The molecule has 1 amide bonds. The molecular weight excluding hydrogens is 408 g/mol. The highest BCUT2D eigenvalue weighted by molar-refractivity contribution is 6.33. The molecule has 0 bridgehead atoms. The molecule has 0 saturated carbocycles. The van der Waals surface area contributed by atoms with Crippen LogP contribution in [0.5, 0.6) is 5.75 Å². The predicted molar refractivity (Wildman–Crippen MR) is 127 cm³/mol. The van der Waals surface area contributed by atoms with Gasteiger partial charge in [-0.2, -0.15) is 0 Å². The lowest BCUT2D eigenvalue weighted by Crippen LogP contribution is -2.40. The van der Waals surface area contributed by atoms with Crippen LogP contribution in [0.25, 0.3) is 11.1 Å². The van der Waals surface area contributed by atoms with Crippen LogP contribution in [-0.2, 0) is 11.3 Å². The van der Waals surface area contributed by atoms with Gasteiger partial charge in [0.25, 0.3) is 0 Å². The first-order chi connectivity index (χ1) is 15.1. The molecule has 4 nitrogen and oxygen atoms in total. The first kappa shape index (κ1) is 21.4. The molecule has 0 radical (unpaired) electrons. The Balaban J connectivity index is 1.43. The molecule has 4 rings (SSSR count). The van der Waals surface area contributed by atoms with Crippen LogP contribution in [0.15, 0.2) is 72.8 Å². The maximum Gasteiger partial charge on any atom is 0.228 e. The number of nitrogens with one attached hydrogen (secondary N) is 1. The molecule has 160 valence electrons. The van der Waals surface area contributed by atoms with Crippen molar-refractivity contribution in [3.05, 3.63) is 83.4 Å². The van der Waals surface area contributed by atoms with E-state index in [4.69, 9.17) is 16.3 Å². The van der Waals surface area contributed by atoms with Crippen molar-refractivity contribution in [2.45, 2.75) is 19.4 Å². The molecule has 1 atom stereocenters. The van der Waals surface area contributed by atoms with Crippen molar-refractivity contribution in [3.8, 4) is 16.9 Å². The Kier molecular flexibility index (Phi) is 6.90. The number of piperidine rings is 1. The smallest absolute Gasteiger partial charge is 0.228 e. The summed E-state index contributed by atoms with van der Waals surface area (Å²) in [4.78, 5) is 15.2. The number of benzene rings is 3. The highest BCUT2D eigenvalue weighted by Crippen LogP contribution is 2.30. The molecule has 3 aromatic carbocycles. The zero-order chi connectivity index (χ0) is 21.6. The summed E-state index contributed by atoms with van der Waals surface area (Å²) in [7, 11) is 1.70. The van der Waals surface area contributed by atoms with Crippen molar-refractivity contribution in [1.29, 1.82) is 0 Å². The van der Waals surface area contributed by atoms with E-state index in [9.17, 15) is 4.79 Å².